The predicted octanol–water partition coefficient (Wildman–Crippen LogP) is 1.71. The number of carboxylic acids is 1. The van der Waals surface area contributed by atoms with Crippen LogP contribution in [0, 0.1) is 0 Å². The van der Waals surface area contributed by atoms with Gasteiger partial charge in [-0.1, -0.05) is 6.07 Å². The molecule has 6 heteroatoms. The smallest absolute Gasteiger partial charge is 0.371 e. The number of aromatic nitrogens is 2. The van der Waals surface area contributed by atoms with E-state index in [1.54, 1.807) is 24.5 Å². The number of carbonyl (C=O) groups is 2. The lowest BCUT2D eigenvalue weighted by Crippen LogP contribution is -2.06. The van der Waals surface area contributed by atoms with E-state index in [1.165, 1.54) is 0 Å². The van der Waals surface area contributed by atoms with Crippen LogP contribution >= 0.6 is 0 Å². The fourth-order valence-electron chi connectivity index (χ4n) is 1.73. The molecule has 0 bridgehead atoms. The number of aromatic amines is 1. The Balaban J connectivity index is 2.23. The van der Waals surface area contributed by atoms with Gasteiger partial charge >= 0.3 is 5.97 Å². The molecule has 0 unspecified atom stereocenters. The summed E-state index contributed by atoms with van der Waals surface area (Å²) >= 11 is 0. The molecule has 0 radical (unpaired) electrons. The van der Waals surface area contributed by atoms with Crippen molar-refractivity contribution >= 4 is 11.8 Å². The highest BCUT2D eigenvalue weighted by atomic mass is 16.4. The molecule has 2 rings (SSSR count). The summed E-state index contributed by atoms with van der Waals surface area (Å²) in [6, 6.07) is 7.17. The average Bonchev–Trinajstić information content (AvgIpc) is 2.88. The Bertz CT molecular complexity index is 659. The summed E-state index contributed by atoms with van der Waals surface area (Å²) in [5.74, 6) is -3.13. The van der Waals surface area contributed by atoms with Crippen LogP contribution in [0.25, 0.3) is 0 Å². The number of hydrogen-bond donors (Lipinski definition) is 3. The first-order valence-electron chi connectivity index (χ1n) is 5.82. The summed E-state index contributed by atoms with van der Waals surface area (Å²) in [4.78, 5) is 29.3. The molecule has 0 atom stereocenters. The van der Waals surface area contributed by atoms with Crippen LogP contribution in [0.3, 0.4) is 0 Å². The fraction of sp³-hybridized carbons (Fsp3) is 0.0714. The number of allylic oxidation sites excluding steroid dienone is 1. The first-order valence-corrected chi connectivity index (χ1v) is 5.82. The highest BCUT2D eigenvalue weighted by Crippen LogP contribution is 2.13. The third-order valence-corrected chi connectivity index (χ3v) is 2.66. The van der Waals surface area contributed by atoms with Crippen molar-refractivity contribution in [2.75, 3.05) is 0 Å². The number of nitrogens with zero attached hydrogens (tertiary/aromatic N) is 1. The zero-order valence-electron chi connectivity index (χ0n) is 10.4. The zero-order chi connectivity index (χ0) is 14.5. The Hall–Kier alpha value is -2.89. The van der Waals surface area contributed by atoms with E-state index in [9.17, 15) is 9.59 Å². The van der Waals surface area contributed by atoms with Crippen molar-refractivity contribution in [2.24, 2.45) is 0 Å². The molecule has 0 aliphatic heterocycles. The van der Waals surface area contributed by atoms with Crippen molar-refractivity contribution in [3.05, 3.63) is 65.4 Å². The Kier molecular flexibility index (Phi) is 3.95. The van der Waals surface area contributed by atoms with Gasteiger partial charge in [-0.25, -0.2) is 4.79 Å². The van der Waals surface area contributed by atoms with Gasteiger partial charge in [0.1, 0.15) is 0 Å². The van der Waals surface area contributed by atoms with E-state index in [1.807, 2.05) is 12.1 Å². The number of carbonyl (C=O) groups excluding carboxylic acids is 1. The van der Waals surface area contributed by atoms with Crippen LogP contribution < -0.4 is 0 Å². The Morgan fingerprint density at radius 1 is 1.25 bits per heavy atom. The van der Waals surface area contributed by atoms with E-state index in [-0.39, 0.29) is 5.69 Å². The van der Waals surface area contributed by atoms with Gasteiger partial charge in [-0.05, 0) is 23.8 Å². The van der Waals surface area contributed by atoms with Crippen molar-refractivity contribution in [1.82, 2.24) is 9.97 Å². The molecule has 0 spiro atoms. The van der Waals surface area contributed by atoms with Gasteiger partial charge in [-0.15, -0.1) is 0 Å². The minimum Gasteiger partial charge on any atom is -0.502 e. The molecule has 2 aromatic heterocycles. The largest absolute Gasteiger partial charge is 0.502 e. The average molecular weight is 272 g/mol. The molecule has 0 aliphatic rings. The number of aliphatic carboxylic acids is 1. The van der Waals surface area contributed by atoms with Gasteiger partial charge in [-0.3, -0.25) is 9.78 Å². The maximum atomic E-state index is 11.9. The number of hydrogen-bond acceptors (Lipinski definition) is 4. The van der Waals surface area contributed by atoms with Crippen molar-refractivity contribution in [2.45, 2.75) is 6.42 Å². The monoisotopic (exact) mass is 272 g/mol. The molecular weight excluding hydrogens is 260 g/mol. The first-order chi connectivity index (χ1) is 9.58. The van der Waals surface area contributed by atoms with E-state index in [2.05, 4.69) is 9.97 Å². The Labute approximate surface area is 114 Å². The van der Waals surface area contributed by atoms with E-state index >= 15 is 0 Å². The molecule has 0 aromatic carbocycles. The number of aliphatic hydroxyl groups is 1. The van der Waals surface area contributed by atoms with Gasteiger partial charge in [0, 0.05) is 30.6 Å². The molecule has 2 heterocycles. The number of carboxylic acid groups (broad SMARTS) is 1. The molecule has 0 fully saturated rings. The number of pyridine rings is 1. The SMILES string of the molecule is O=C(O)C(O)=CC(=O)c1[nH]ccc1Cc1ccccn1. The van der Waals surface area contributed by atoms with Gasteiger partial charge in [0.15, 0.2) is 0 Å². The minimum atomic E-state index is -1.55. The second kappa shape index (κ2) is 5.83. The van der Waals surface area contributed by atoms with Crippen LogP contribution in [0.2, 0.25) is 0 Å². The van der Waals surface area contributed by atoms with Gasteiger partial charge in [0.25, 0.3) is 0 Å². The van der Waals surface area contributed by atoms with Gasteiger partial charge < -0.3 is 15.2 Å². The van der Waals surface area contributed by atoms with Crippen molar-refractivity contribution < 1.29 is 19.8 Å². The molecule has 6 nitrogen and oxygen atoms in total. The molecule has 0 aliphatic carbocycles. The van der Waals surface area contributed by atoms with Crippen molar-refractivity contribution in [3.8, 4) is 0 Å². The molecule has 102 valence electrons. The standard InChI is InChI=1S/C14H12N2O4/c17-11(8-12(18)14(19)20)13-9(4-6-16-13)7-10-3-1-2-5-15-10/h1-6,8,16,18H,7H2,(H,19,20). The van der Waals surface area contributed by atoms with Crippen LogP contribution in [-0.4, -0.2) is 31.9 Å². The number of aliphatic hydroxyl groups excluding tert-OH is 1. The molecule has 0 saturated carbocycles. The summed E-state index contributed by atoms with van der Waals surface area (Å²) in [6.07, 6.45) is 4.35. The topological polar surface area (TPSA) is 103 Å². The van der Waals surface area contributed by atoms with Crippen LogP contribution in [0.15, 0.2) is 48.5 Å². The Morgan fingerprint density at radius 2 is 2.05 bits per heavy atom. The van der Waals surface area contributed by atoms with Gasteiger partial charge in [0.2, 0.25) is 11.5 Å². The van der Waals surface area contributed by atoms with Crippen molar-refractivity contribution in [3.63, 3.8) is 0 Å². The Morgan fingerprint density at radius 3 is 2.70 bits per heavy atom. The van der Waals surface area contributed by atoms with E-state index in [0.29, 0.717) is 18.1 Å². The maximum Gasteiger partial charge on any atom is 0.371 e. The maximum absolute atomic E-state index is 11.9. The summed E-state index contributed by atoms with van der Waals surface area (Å²) < 4.78 is 0. The second-order valence-electron chi connectivity index (χ2n) is 4.07. The molecule has 3 N–H and O–H groups in total. The van der Waals surface area contributed by atoms with Gasteiger partial charge in [0.05, 0.1) is 5.69 Å². The van der Waals surface area contributed by atoms with E-state index in [0.717, 1.165) is 5.69 Å². The van der Waals surface area contributed by atoms with E-state index in [4.69, 9.17) is 10.2 Å². The lowest BCUT2D eigenvalue weighted by Gasteiger charge is -2.01. The summed E-state index contributed by atoms with van der Waals surface area (Å²) in [5, 5.41) is 17.6. The third-order valence-electron chi connectivity index (χ3n) is 2.66. The van der Waals surface area contributed by atoms with Crippen LogP contribution in [0.1, 0.15) is 21.7 Å². The summed E-state index contributed by atoms with van der Waals surface area (Å²) in [7, 11) is 0. The second-order valence-corrected chi connectivity index (χ2v) is 4.07. The number of rotatable bonds is 5. The number of H-pyrrole nitrogens is 1. The first kappa shape index (κ1) is 13.5. The van der Waals surface area contributed by atoms with Crippen LogP contribution in [-0.2, 0) is 11.2 Å². The highest BCUT2D eigenvalue weighted by Gasteiger charge is 2.14. The quantitative estimate of drug-likeness (QED) is 0.436. The minimum absolute atomic E-state index is 0.239. The normalized spacial score (nSPS) is 11.3. The highest BCUT2D eigenvalue weighted by molar-refractivity contribution is 6.07. The van der Waals surface area contributed by atoms with Crippen LogP contribution in [0.5, 0.6) is 0 Å². The third kappa shape index (κ3) is 3.11. The fourth-order valence-corrected chi connectivity index (χ4v) is 1.73. The summed E-state index contributed by atoms with van der Waals surface area (Å²) in [6.45, 7) is 0. The predicted molar refractivity (Wildman–Crippen MR) is 70.5 cm³/mol. The molecule has 0 saturated heterocycles. The molecule has 20 heavy (non-hydrogen) atoms. The van der Waals surface area contributed by atoms with Gasteiger partial charge in [-0.2, -0.15) is 0 Å². The van der Waals surface area contributed by atoms with Crippen LogP contribution in [0.4, 0.5) is 0 Å². The zero-order valence-corrected chi connectivity index (χ0v) is 10.4. The lowest BCUT2D eigenvalue weighted by molar-refractivity contribution is -0.135. The molecular formula is C14H12N2O4. The molecule has 2 aromatic rings. The number of nitrogens with one attached hydrogen (secondary N) is 1. The summed E-state index contributed by atoms with van der Waals surface area (Å²) in [5.41, 5.74) is 1.71. The lowest BCUT2D eigenvalue weighted by atomic mass is 10.1. The molecule has 0 amide bonds. The number of ketones is 1. The van der Waals surface area contributed by atoms with E-state index < -0.39 is 17.5 Å². The van der Waals surface area contributed by atoms with Crippen molar-refractivity contribution in [1.29, 1.82) is 0 Å².